The van der Waals surface area contributed by atoms with E-state index in [1.165, 1.54) is 0 Å². The van der Waals surface area contributed by atoms with Crippen molar-refractivity contribution in [2.24, 2.45) is 13.0 Å². The van der Waals surface area contributed by atoms with Gasteiger partial charge in [0.05, 0.1) is 12.3 Å². The zero-order valence-corrected chi connectivity index (χ0v) is 10.9. The Morgan fingerprint density at radius 2 is 2.39 bits per heavy atom. The first-order chi connectivity index (χ1) is 8.50. The molecule has 0 aliphatic carbocycles. The average Bonchev–Trinajstić information content (AvgIpc) is 2.87. The molecular formula is C12H19N3O3. The van der Waals surface area contributed by atoms with Crippen LogP contribution in [0.25, 0.3) is 0 Å². The minimum Gasteiger partial charge on any atom is -0.477 e. The topological polar surface area (TPSA) is 76.4 Å². The monoisotopic (exact) mass is 253 g/mol. The maximum atomic E-state index is 11.2. The molecule has 0 amide bonds. The molecule has 18 heavy (non-hydrogen) atoms. The van der Waals surface area contributed by atoms with E-state index >= 15 is 0 Å². The summed E-state index contributed by atoms with van der Waals surface area (Å²) in [5.74, 6) is 0.0409. The minimum atomic E-state index is -0.946. The molecule has 2 atom stereocenters. The molecule has 0 aromatic carbocycles. The van der Waals surface area contributed by atoms with Crippen molar-refractivity contribution >= 4 is 11.8 Å². The number of anilines is 1. The van der Waals surface area contributed by atoms with E-state index in [9.17, 15) is 9.90 Å². The molecule has 100 valence electrons. The number of ether oxygens (including phenoxy) is 1. The van der Waals surface area contributed by atoms with Gasteiger partial charge in [-0.2, -0.15) is 5.10 Å². The lowest BCUT2D eigenvalue weighted by Crippen LogP contribution is -2.28. The van der Waals surface area contributed by atoms with Crippen LogP contribution in [0, 0.1) is 12.8 Å². The third-order valence-corrected chi connectivity index (χ3v) is 3.47. The molecular weight excluding hydrogens is 234 g/mol. The van der Waals surface area contributed by atoms with Crippen molar-refractivity contribution in [2.45, 2.75) is 26.3 Å². The summed E-state index contributed by atoms with van der Waals surface area (Å²) in [6.07, 6.45) is 1.01. The maximum Gasteiger partial charge on any atom is 0.341 e. The van der Waals surface area contributed by atoms with Gasteiger partial charge in [0.1, 0.15) is 11.4 Å². The summed E-state index contributed by atoms with van der Waals surface area (Å²) in [7, 11) is 1.75. The van der Waals surface area contributed by atoms with Gasteiger partial charge in [-0.3, -0.25) is 4.68 Å². The fraction of sp³-hybridized carbons (Fsp3) is 0.667. The Kier molecular flexibility index (Phi) is 3.56. The minimum absolute atomic E-state index is 0.167. The quantitative estimate of drug-likeness (QED) is 0.845. The number of rotatable bonds is 4. The summed E-state index contributed by atoms with van der Waals surface area (Å²) in [6, 6.07) is 0.167. The zero-order valence-electron chi connectivity index (χ0n) is 10.9. The Balaban J connectivity index is 2.20. The third kappa shape index (κ3) is 2.33. The van der Waals surface area contributed by atoms with E-state index in [1.54, 1.807) is 18.7 Å². The lowest BCUT2D eigenvalue weighted by atomic mass is 10.0. The predicted molar refractivity (Wildman–Crippen MR) is 66.9 cm³/mol. The molecule has 1 aliphatic heterocycles. The first kappa shape index (κ1) is 12.9. The highest BCUT2D eigenvalue weighted by atomic mass is 16.5. The van der Waals surface area contributed by atoms with E-state index < -0.39 is 5.97 Å². The fourth-order valence-electron chi connectivity index (χ4n) is 2.36. The van der Waals surface area contributed by atoms with Gasteiger partial charge in [-0.15, -0.1) is 0 Å². The van der Waals surface area contributed by atoms with E-state index in [2.05, 4.69) is 10.4 Å². The molecule has 2 rings (SSSR count). The Bertz CT molecular complexity index is 450. The summed E-state index contributed by atoms with van der Waals surface area (Å²) >= 11 is 0. The number of hydrogen-bond donors (Lipinski definition) is 2. The second-order valence-electron chi connectivity index (χ2n) is 4.79. The molecule has 0 spiro atoms. The molecule has 1 aromatic rings. The lowest BCUT2D eigenvalue weighted by Gasteiger charge is -2.20. The number of nitrogens with zero attached hydrogens (tertiary/aromatic N) is 2. The van der Waals surface area contributed by atoms with Crippen molar-refractivity contribution in [3.63, 3.8) is 0 Å². The Morgan fingerprint density at radius 1 is 1.67 bits per heavy atom. The van der Waals surface area contributed by atoms with Gasteiger partial charge in [0.25, 0.3) is 0 Å². The summed E-state index contributed by atoms with van der Waals surface area (Å²) in [6.45, 7) is 5.27. The number of nitrogens with one attached hydrogen (secondary N) is 1. The Morgan fingerprint density at radius 3 is 2.94 bits per heavy atom. The fourth-order valence-corrected chi connectivity index (χ4v) is 2.36. The van der Waals surface area contributed by atoms with Crippen LogP contribution >= 0.6 is 0 Å². The highest BCUT2D eigenvalue weighted by Crippen LogP contribution is 2.24. The molecule has 2 unspecified atom stereocenters. The molecule has 6 heteroatoms. The largest absolute Gasteiger partial charge is 0.477 e. The van der Waals surface area contributed by atoms with Crippen molar-refractivity contribution in [2.75, 3.05) is 18.5 Å². The molecule has 0 radical (unpaired) electrons. The van der Waals surface area contributed by atoms with Gasteiger partial charge in [0.15, 0.2) is 0 Å². The van der Waals surface area contributed by atoms with E-state index in [-0.39, 0.29) is 11.6 Å². The van der Waals surface area contributed by atoms with Crippen LogP contribution in [0.5, 0.6) is 0 Å². The predicted octanol–water partition coefficient (Wildman–Crippen LogP) is 1.26. The molecule has 2 heterocycles. The molecule has 0 bridgehead atoms. The van der Waals surface area contributed by atoms with Crippen LogP contribution in [-0.2, 0) is 11.8 Å². The number of carboxylic acid groups (broad SMARTS) is 1. The van der Waals surface area contributed by atoms with E-state index in [0.717, 1.165) is 19.6 Å². The Hall–Kier alpha value is -1.56. The first-order valence-corrected chi connectivity index (χ1v) is 6.12. The van der Waals surface area contributed by atoms with Crippen LogP contribution in [0.15, 0.2) is 0 Å². The van der Waals surface area contributed by atoms with Gasteiger partial charge in [0, 0.05) is 25.6 Å². The maximum absolute atomic E-state index is 11.2. The van der Waals surface area contributed by atoms with Crippen molar-refractivity contribution in [3.05, 3.63) is 11.3 Å². The third-order valence-electron chi connectivity index (χ3n) is 3.47. The molecule has 6 nitrogen and oxygen atoms in total. The molecule has 1 aliphatic rings. The van der Waals surface area contributed by atoms with E-state index in [1.807, 2.05) is 6.92 Å². The smallest absolute Gasteiger partial charge is 0.341 e. The number of aryl methyl sites for hydroxylation is 2. The van der Waals surface area contributed by atoms with Crippen LogP contribution in [0.3, 0.4) is 0 Å². The van der Waals surface area contributed by atoms with Crippen LogP contribution < -0.4 is 5.32 Å². The second-order valence-corrected chi connectivity index (χ2v) is 4.79. The van der Waals surface area contributed by atoms with Gasteiger partial charge in [-0.25, -0.2) is 4.79 Å². The van der Waals surface area contributed by atoms with E-state index in [0.29, 0.717) is 17.4 Å². The molecule has 2 N–H and O–H groups in total. The first-order valence-electron chi connectivity index (χ1n) is 6.12. The molecule has 1 saturated heterocycles. The van der Waals surface area contributed by atoms with Gasteiger partial charge >= 0.3 is 5.97 Å². The van der Waals surface area contributed by atoms with Gasteiger partial charge in [0.2, 0.25) is 0 Å². The average molecular weight is 253 g/mol. The number of carbonyl (C=O) groups is 1. The second kappa shape index (κ2) is 4.97. The van der Waals surface area contributed by atoms with Crippen molar-refractivity contribution in [1.82, 2.24) is 9.78 Å². The summed E-state index contributed by atoms with van der Waals surface area (Å²) in [5.41, 5.74) is 0.783. The van der Waals surface area contributed by atoms with Gasteiger partial charge in [-0.1, -0.05) is 0 Å². The van der Waals surface area contributed by atoms with Crippen molar-refractivity contribution in [3.8, 4) is 0 Å². The summed E-state index contributed by atoms with van der Waals surface area (Å²) < 4.78 is 6.94. The SMILES string of the molecule is Cc1nn(C)c(NC(C)C2CCOC2)c1C(=O)O. The Labute approximate surface area is 106 Å². The van der Waals surface area contributed by atoms with Crippen molar-refractivity contribution in [1.29, 1.82) is 0 Å². The number of aromatic carboxylic acids is 1. The van der Waals surface area contributed by atoms with E-state index in [4.69, 9.17) is 4.74 Å². The number of aromatic nitrogens is 2. The highest BCUT2D eigenvalue weighted by molar-refractivity contribution is 5.94. The standard InChI is InChI=1S/C12H19N3O3/c1-7(9-4-5-18-6-9)13-11-10(12(16)17)8(2)14-15(11)3/h7,9,13H,4-6H2,1-3H3,(H,16,17). The van der Waals surface area contributed by atoms with Crippen LogP contribution in [0.4, 0.5) is 5.82 Å². The molecule has 1 aromatic heterocycles. The van der Waals surface area contributed by atoms with Crippen molar-refractivity contribution < 1.29 is 14.6 Å². The summed E-state index contributed by atoms with van der Waals surface area (Å²) in [5, 5.41) is 16.6. The van der Waals surface area contributed by atoms with Crippen LogP contribution in [0.1, 0.15) is 29.4 Å². The highest BCUT2D eigenvalue weighted by Gasteiger charge is 2.26. The molecule has 0 saturated carbocycles. The van der Waals surface area contributed by atoms with Gasteiger partial charge < -0.3 is 15.2 Å². The van der Waals surface area contributed by atoms with Crippen LogP contribution in [-0.4, -0.2) is 40.1 Å². The normalized spacial score (nSPS) is 20.9. The number of hydrogen-bond acceptors (Lipinski definition) is 4. The summed E-state index contributed by atoms with van der Waals surface area (Å²) in [4.78, 5) is 11.2. The molecule has 1 fully saturated rings. The zero-order chi connectivity index (χ0) is 13.3. The lowest BCUT2D eigenvalue weighted by molar-refractivity contribution is 0.0697. The number of carboxylic acids is 1. The van der Waals surface area contributed by atoms with Crippen LogP contribution in [0.2, 0.25) is 0 Å². The van der Waals surface area contributed by atoms with Gasteiger partial charge in [-0.05, 0) is 20.3 Å².